The predicted molar refractivity (Wildman–Crippen MR) is 75.2 cm³/mol. The van der Waals surface area contributed by atoms with Crippen LogP contribution in [0.4, 0.5) is 13.2 Å². The molecule has 0 saturated heterocycles. The van der Waals surface area contributed by atoms with Gasteiger partial charge in [-0.1, -0.05) is 12.1 Å². The van der Waals surface area contributed by atoms with Gasteiger partial charge in [0.25, 0.3) is 0 Å². The first-order valence-corrected chi connectivity index (χ1v) is 7.29. The van der Waals surface area contributed by atoms with Crippen molar-refractivity contribution in [2.24, 2.45) is 0 Å². The summed E-state index contributed by atoms with van der Waals surface area (Å²) in [4.78, 5) is 0.907. The number of hydrogen-bond acceptors (Lipinski definition) is 3. The zero-order valence-corrected chi connectivity index (χ0v) is 11.9. The molecule has 112 valence electrons. The van der Waals surface area contributed by atoms with Crippen LogP contribution in [0.25, 0.3) is 0 Å². The lowest BCUT2D eigenvalue weighted by Crippen LogP contribution is -2.33. The molecule has 0 fully saturated rings. The summed E-state index contributed by atoms with van der Waals surface area (Å²) in [5, 5.41) is 9.70. The van der Waals surface area contributed by atoms with E-state index in [-0.39, 0.29) is 11.3 Å². The minimum atomic E-state index is -3.82. The van der Waals surface area contributed by atoms with Crippen molar-refractivity contribution in [3.63, 3.8) is 0 Å². The van der Waals surface area contributed by atoms with Crippen LogP contribution in [0.3, 0.4) is 0 Å². The van der Waals surface area contributed by atoms with Crippen molar-refractivity contribution in [3.05, 3.63) is 59.9 Å². The van der Waals surface area contributed by atoms with E-state index >= 15 is 0 Å². The van der Waals surface area contributed by atoms with Crippen LogP contribution in [-0.4, -0.2) is 17.5 Å². The number of hydrogen-bond donors (Lipinski definition) is 1. The molecule has 1 N–H and O–H groups in total. The molecule has 0 heterocycles. The maximum absolute atomic E-state index is 13.9. The monoisotopic (exact) mass is 314 g/mol. The van der Waals surface area contributed by atoms with E-state index in [0.29, 0.717) is 0 Å². The largest absolute Gasteiger partial charge is 0.430 e. The number of halogens is 3. The fraction of sp³-hybridized carbons (Fsp3) is 0.200. The minimum absolute atomic E-state index is 0.0565. The molecule has 1 atom stereocenters. The van der Waals surface area contributed by atoms with E-state index in [0.717, 1.165) is 29.2 Å². The Bertz CT molecular complexity index is 585. The molecule has 2 nitrogen and oxygen atoms in total. The molecule has 0 aromatic heterocycles. The van der Waals surface area contributed by atoms with E-state index in [1.807, 2.05) is 6.26 Å². The summed E-state index contributed by atoms with van der Waals surface area (Å²) in [5.41, 5.74) is -0.123. The smallest absolute Gasteiger partial charge is 0.428 e. The highest BCUT2D eigenvalue weighted by molar-refractivity contribution is 7.98. The maximum Gasteiger partial charge on any atom is 0.428 e. The number of aliphatic hydroxyl groups is 1. The summed E-state index contributed by atoms with van der Waals surface area (Å²) in [5.74, 6) is -0.623. The highest BCUT2D eigenvalue weighted by Crippen LogP contribution is 2.34. The van der Waals surface area contributed by atoms with Gasteiger partial charge in [0.1, 0.15) is 11.6 Å². The van der Waals surface area contributed by atoms with Crippen molar-refractivity contribution < 1.29 is 23.0 Å². The van der Waals surface area contributed by atoms with Crippen LogP contribution in [0.2, 0.25) is 0 Å². The Morgan fingerprint density at radius 1 is 1.05 bits per heavy atom. The molecule has 6 heteroatoms. The first-order valence-electron chi connectivity index (χ1n) is 6.07. The van der Waals surface area contributed by atoms with Crippen molar-refractivity contribution in [2.45, 2.75) is 17.1 Å². The molecule has 0 radical (unpaired) electrons. The van der Waals surface area contributed by atoms with Gasteiger partial charge in [-0.05, 0) is 48.2 Å². The molecule has 0 aliphatic rings. The lowest BCUT2D eigenvalue weighted by Gasteiger charge is -2.23. The number of aliphatic hydroxyl groups excluding tert-OH is 1. The first kappa shape index (κ1) is 15.7. The van der Waals surface area contributed by atoms with Gasteiger partial charge in [-0.25, -0.2) is 4.39 Å². The van der Waals surface area contributed by atoms with E-state index in [4.69, 9.17) is 0 Å². The lowest BCUT2D eigenvalue weighted by atomic mass is 10.1. The average molecular weight is 314 g/mol. The van der Waals surface area contributed by atoms with Crippen molar-refractivity contribution >= 4 is 11.8 Å². The second-order valence-electron chi connectivity index (χ2n) is 4.29. The van der Waals surface area contributed by atoms with E-state index in [2.05, 4.69) is 4.74 Å². The standard InChI is InChI=1S/C15H13F3O2S/c1-21-13-8-6-12(7-9-13)20-15(17,18)14(19)10-2-4-11(16)5-3-10/h2-9,14,19H,1H3/t14-/m1/s1. The molecule has 0 saturated carbocycles. The Balaban J connectivity index is 2.14. The van der Waals surface area contributed by atoms with Gasteiger partial charge in [0.05, 0.1) is 0 Å². The zero-order chi connectivity index (χ0) is 15.5. The van der Waals surface area contributed by atoms with Crippen LogP contribution >= 0.6 is 11.8 Å². The quantitative estimate of drug-likeness (QED) is 0.837. The Morgan fingerprint density at radius 3 is 2.14 bits per heavy atom. The van der Waals surface area contributed by atoms with Crippen molar-refractivity contribution in [3.8, 4) is 5.75 Å². The number of thioether (sulfide) groups is 1. The lowest BCUT2D eigenvalue weighted by molar-refractivity contribution is -0.242. The molecule has 21 heavy (non-hydrogen) atoms. The van der Waals surface area contributed by atoms with Gasteiger partial charge >= 0.3 is 6.11 Å². The van der Waals surface area contributed by atoms with Crippen molar-refractivity contribution in [2.75, 3.05) is 6.26 Å². The summed E-state index contributed by atoms with van der Waals surface area (Å²) in [6.45, 7) is 0. The maximum atomic E-state index is 13.9. The predicted octanol–water partition coefficient (Wildman–Crippen LogP) is 4.25. The number of benzene rings is 2. The number of rotatable bonds is 5. The second-order valence-corrected chi connectivity index (χ2v) is 5.17. The van der Waals surface area contributed by atoms with Crippen LogP contribution in [-0.2, 0) is 0 Å². The molecule has 2 aromatic rings. The van der Waals surface area contributed by atoms with Crippen molar-refractivity contribution in [1.82, 2.24) is 0 Å². The minimum Gasteiger partial charge on any atom is -0.430 e. The molecular formula is C15H13F3O2S. The fourth-order valence-corrected chi connectivity index (χ4v) is 2.10. The SMILES string of the molecule is CSc1ccc(OC(F)(F)[C@H](O)c2ccc(F)cc2)cc1. The summed E-state index contributed by atoms with van der Waals surface area (Å²) >= 11 is 1.47. The van der Waals surface area contributed by atoms with Gasteiger partial charge in [0, 0.05) is 4.90 Å². The van der Waals surface area contributed by atoms with Crippen LogP contribution in [0.1, 0.15) is 11.7 Å². The third-order valence-electron chi connectivity index (χ3n) is 2.82. The summed E-state index contributed by atoms with van der Waals surface area (Å²) in [6.07, 6.45) is -4.14. The third-order valence-corrected chi connectivity index (χ3v) is 3.56. The van der Waals surface area contributed by atoms with Crippen LogP contribution < -0.4 is 4.74 Å². The molecule has 0 bridgehead atoms. The normalized spacial score (nSPS) is 13.0. The Morgan fingerprint density at radius 2 is 1.62 bits per heavy atom. The van der Waals surface area contributed by atoms with Gasteiger partial charge < -0.3 is 9.84 Å². The van der Waals surface area contributed by atoms with E-state index in [1.165, 1.54) is 23.9 Å². The van der Waals surface area contributed by atoms with Gasteiger partial charge in [-0.15, -0.1) is 11.8 Å². The molecular weight excluding hydrogens is 301 g/mol. The third kappa shape index (κ3) is 3.92. The number of alkyl halides is 2. The van der Waals surface area contributed by atoms with Gasteiger partial charge in [-0.2, -0.15) is 8.78 Å². The molecule has 0 aliphatic heterocycles. The Hall–Kier alpha value is -1.66. The Kier molecular flexibility index (Phi) is 4.80. The highest BCUT2D eigenvalue weighted by Gasteiger charge is 2.42. The van der Waals surface area contributed by atoms with Crippen LogP contribution in [0.15, 0.2) is 53.4 Å². The van der Waals surface area contributed by atoms with E-state index < -0.39 is 18.0 Å². The van der Waals surface area contributed by atoms with E-state index in [9.17, 15) is 18.3 Å². The summed E-state index contributed by atoms with van der Waals surface area (Å²) in [6, 6.07) is 10.3. The average Bonchev–Trinajstić information content (AvgIpc) is 2.48. The topological polar surface area (TPSA) is 29.5 Å². The Labute approximate surface area is 124 Å². The number of ether oxygens (including phenoxy) is 1. The zero-order valence-electron chi connectivity index (χ0n) is 11.1. The fourth-order valence-electron chi connectivity index (χ4n) is 1.70. The van der Waals surface area contributed by atoms with Crippen molar-refractivity contribution in [1.29, 1.82) is 0 Å². The van der Waals surface area contributed by atoms with E-state index in [1.54, 1.807) is 12.1 Å². The van der Waals surface area contributed by atoms with Gasteiger partial charge in [0.2, 0.25) is 0 Å². The van der Waals surface area contributed by atoms with Crippen LogP contribution in [0.5, 0.6) is 5.75 Å². The van der Waals surface area contributed by atoms with Gasteiger partial charge in [0.15, 0.2) is 6.10 Å². The molecule has 0 amide bonds. The molecule has 2 rings (SSSR count). The summed E-state index contributed by atoms with van der Waals surface area (Å²) in [7, 11) is 0. The molecule has 0 spiro atoms. The molecule has 2 aromatic carbocycles. The van der Waals surface area contributed by atoms with Gasteiger partial charge in [-0.3, -0.25) is 0 Å². The molecule has 0 unspecified atom stereocenters. The second kappa shape index (κ2) is 6.41. The highest BCUT2D eigenvalue weighted by atomic mass is 32.2. The molecule has 0 aliphatic carbocycles. The first-order chi connectivity index (χ1) is 9.92. The van der Waals surface area contributed by atoms with Crippen LogP contribution in [0, 0.1) is 5.82 Å². The summed E-state index contributed by atoms with van der Waals surface area (Å²) < 4.78 is 45.1.